The molecule has 0 unspecified atom stereocenters. The molecule has 1 rings (SSSR count). The van der Waals surface area contributed by atoms with Crippen LogP contribution in [0.1, 0.15) is 38.3 Å². The molecule has 0 heterocycles. The monoisotopic (exact) mass is 225 g/mol. The summed E-state index contributed by atoms with van der Waals surface area (Å²) in [6.45, 7) is 9.57. The maximum atomic E-state index is 5.98. The highest BCUT2D eigenvalue weighted by atomic mass is 35.5. The second-order valence-corrected chi connectivity index (χ2v) is 5.08. The summed E-state index contributed by atoms with van der Waals surface area (Å²) in [6, 6.07) is 6.18. The predicted octanol–water partition coefficient (Wildman–Crippen LogP) is 3.93. The van der Waals surface area contributed by atoms with Crippen LogP contribution in [0, 0.1) is 6.92 Å². The lowest BCUT2D eigenvalue weighted by Gasteiger charge is -2.24. The van der Waals surface area contributed by atoms with Crippen LogP contribution >= 0.6 is 11.6 Å². The number of hydrogen-bond acceptors (Lipinski definition) is 1. The van der Waals surface area contributed by atoms with Crippen molar-refractivity contribution in [2.75, 3.05) is 0 Å². The number of aryl methyl sites for hydroxylation is 1. The van der Waals surface area contributed by atoms with Gasteiger partial charge in [-0.3, -0.25) is 0 Å². The molecule has 1 N–H and O–H groups in total. The van der Waals surface area contributed by atoms with Crippen molar-refractivity contribution in [2.45, 2.75) is 46.2 Å². The first-order chi connectivity index (χ1) is 6.94. The highest BCUT2D eigenvalue weighted by molar-refractivity contribution is 6.31. The van der Waals surface area contributed by atoms with Gasteiger partial charge in [0.1, 0.15) is 0 Å². The Bertz CT molecular complexity index is 331. The second kappa shape index (κ2) is 5.00. The minimum atomic E-state index is 0.202. The molecule has 0 atom stereocenters. The van der Waals surface area contributed by atoms with E-state index in [-0.39, 0.29) is 5.54 Å². The summed E-state index contributed by atoms with van der Waals surface area (Å²) in [5.74, 6) is 0. The Kier molecular flexibility index (Phi) is 4.18. The summed E-state index contributed by atoms with van der Waals surface area (Å²) >= 11 is 5.98. The van der Waals surface area contributed by atoms with E-state index in [0.29, 0.717) is 0 Å². The molecule has 1 aromatic rings. The van der Waals surface area contributed by atoms with E-state index in [1.807, 2.05) is 13.0 Å². The molecule has 0 amide bonds. The Morgan fingerprint density at radius 3 is 2.53 bits per heavy atom. The van der Waals surface area contributed by atoms with Gasteiger partial charge in [0.15, 0.2) is 0 Å². The molecule has 1 nitrogen and oxygen atoms in total. The lowest BCUT2D eigenvalue weighted by Crippen LogP contribution is -2.37. The largest absolute Gasteiger partial charge is 0.308 e. The van der Waals surface area contributed by atoms with Crippen LogP contribution in [0.3, 0.4) is 0 Å². The topological polar surface area (TPSA) is 12.0 Å². The molecule has 0 radical (unpaired) electrons. The van der Waals surface area contributed by atoms with Crippen molar-refractivity contribution in [1.82, 2.24) is 5.32 Å². The van der Waals surface area contributed by atoms with Crippen LogP contribution in [0.5, 0.6) is 0 Å². The van der Waals surface area contributed by atoms with Crippen molar-refractivity contribution in [3.8, 4) is 0 Å². The summed E-state index contributed by atoms with van der Waals surface area (Å²) in [4.78, 5) is 0. The molecule has 2 heteroatoms. The van der Waals surface area contributed by atoms with Gasteiger partial charge in [0.05, 0.1) is 0 Å². The van der Waals surface area contributed by atoms with Gasteiger partial charge in [-0.05, 0) is 44.4 Å². The zero-order valence-corrected chi connectivity index (χ0v) is 10.8. The average Bonchev–Trinajstić information content (AvgIpc) is 2.20. The lowest BCUT2D eigenvalue weighted by molar-refractivity contribution is 0.374. The lowest BCUT2D eigenvalue weighted by atomic mass is 10.0. The van der Waals surface area contributed by atoms with E-state index >= 15 is 0 Å². The second-order valence-electron chi connectivity index (χ2n) is 4.67. The number of benzene rings is 1. The van der Waals surface area contributed by atoms with Gasteiger partial charge >= 0.3 is 0 Å². The Morgan fingerprint density at radius 1 is 1.33 bits per heavy atom. The predicted molar refractivity (Wildman–Crippen MR) is 67.4 cm³/mol. The van der Waals surface area contributed by atoms with Crippen LogP contribution in [0.25, 0.3) is 0 Å². The summed E-state index contributed by atoms with van der Waals surface area (Å²) in [5, 5.41) is 4.37. The molecule has 15 heavy (non-hydrogen) atoms. The van der Waals surface area contributed by atoms with Gasteiger partial charge in [0.25, 0.3) is 0 Å². The first-order valence-corrected chi connectivity index (χ1v) is 5.82. The van der Waals surface area contributed by atoms with Crippen LogP contribution in [-0.4, -0.2) is 5.54 Å². The third-order valence-electron chi connectivity index (χ3n) is 2.88. The van der Waals surface area contributed by atoms with E-state index < -0.39 is 0 Å². The van der Waals surface area contributed by atoms with E-state index in [1.165, 1.54) is 5.56 Å². The maximum Gasteiger partial charge on any atom is 0.0435 e. The summed E-state index contributed by atoms with van der Waals surface area (Å²) in [6.07, 6.45) is 1.12. The fourth-order valence-electron chi connectivity index (χ4n) is 1.28. The molecule has 1 aromatic carbocycles. The molecular formula is C13H20ClN. The normalized spacial score (nSPS) is 11.8. The molecule has 0 fully saturated rings. The van der Waals surface area contributed by atoms with E-state index in [9.17, 15) is 0 Å². The van der Waals surface area contributed by atoms with Gasteiger partial charge in [-0.25, -0.2) is 0 Å². The van der Waals surface area contributed by atoms with Crippen LogP contribution in [0.4, 0.5) is 0 Å². The molecule has 0 aliphatic carbocycles. The van der Waals surface area contributed by atoms with Crippen LogP contribution in [-0.2, 0) is 6.54 Å². The van der Waals surface area contributed by atoms with E-state index in [4.69, 9.17) is 11.6 Å². The Balaban J connectivity index is 2.62. The highest BCUT2D eigenvalue weighted by Crippen LogP contribution is 2.17. The zero-order valence-electron chi connectivity index (χ0n) is 10.0. The first-order valence-electron chi connectivity index (χ1n) is 5.44. The van der Waals surface area contributed by atoms with Crippen LogP contribution in [0.15, 0.2) is 18.2 Å². The van der Waals surface area contributed by atoms with Crippen molar-refractivity contribution >= 4 is 11.6 Å². The number of rotatable bonds is 4. The third kappa shape index (κ3) is 3.84. The minimum Gasteiger partial charge on any atom is -0.308 e. The van der Waals surface area contributed by atoms with Crippen LogP contribution < -0.4 is 5.32 Å². The fraction of sp³-hybridized carbons (Fsp3) is 0.538. The van der Waals surface area contributed by atoms with Gasteiger partial charge in [-0.2, -0.15) is 0 Å². The van der Waals surface area contributed by atoms with E-state index in [0.717, 1.165) is 23.6 Å². The van der Waals surface area contributed by atoms with Crippen molar-refractivity contribution in [3.05, 3.63) is 34.3 Å². The number of nitrogens with one attached hydrogen (secondary N) is 1. The van der Waals surface area contributed by atoms with Gasteiger partial charge in [0.2, 0.25) is 0 Å². The molecule has 84 valence electrons. The van der Waals surface area contributed by atoms with Gasteiger partial charge < -0.3 is 5.32 Å². The Labute approximate surface area is 97.8 Å². The molecule has 0 bridgehead atoms. The summed E-state index contributed by atoms with van der Waals surface area (Å²) < 4.78 is 0. The number of halogens is 1. The quantitative estimate of drug-likeness (QED) is 0.819. The third-order valence-corrected chi connectivity index (χ3v) is 3.30. The average molecular weight is 226 g/mol. The molecule has 0 aliphatic rings. The fourth-order valence-corrected chi connectivity index (χ4v) is 1.40. The summed E-state index contributed by atoms with van der Waals surface area (Å²) in [5.41, 5.74) is 2.64. The van der Waals surface area contributed by atoms with Crippen molar-refractivity contribution in [3.63, 3.8) is 0 Å². The first kappa shape index (κ1) is 12.5. The maximum absolute atomic E-state index is 5.98. The van der Waals surface area contributed by atoms with Crippen molar-refractivity contribution in [2.24, 2.45) is 0 Å². The standard InChI is InChI=1S/C13H20ClN/c1-5-13(3,4)15-9-11-6-7-12(14)10(2)8-11/h6-8,15H,5,9H2,1-4H3. The van der Waals surface area contributed by atoms with Gasteiger partial charge in [0, 0.05) is 17.1 Å². The van der Waals surface area contributed by atoms with E-state index in [2.05, 4.69) is 38.2 Å². The Morgan fingerprint density at radius 2 is 2.00 bits per heavy atom. The minimum absolute atomic E-state index is 0.202. The zero-order chi connectivity index (χ0) is 11.5. The Hall–Kier alpha value is -0.530. The number of hydrogen-bond donors (Lipinski definition) is 1. The SMILES string of the molecule is CCC(C)(C)NCc1ccc(Cl)c(C)c1. The molecular weight excluding hydrogens is 206 g/mol. The molecule has 0 saturated heterocycles. The molecule has 0 saturated carbocycles. The van der Waals surface area contributed by atoms with Crippen molar-refractivity contribution < 1.29 is 0 Å². The smallest absolute Gasteiger partial charge is 0.0435 e. The van der Waals surface area contributed by atoms with Crippen LogP contribution in [0.2, 0.25) is 5.02 Å². The van der Waals surface area contributed by atoms with Crippen molar-refractivity contribution in [1.29, 1.82) is 0 Å². The van der Waals surface area contributed by atoms with Gasteiger partial charge in [-0.1, -0.05) is 30.7 Å². The molecule has 0 aromatic heterocycles. The highest BCUT2D eigenvalue weighted by Gasteiger charge is 2.13. The molecule has 0 spiro atoms. The summed E-state index contributed by atoms with van der Waals surface area (Å²) in [7, 11) is 0. The van der Waals surface area contributed by atoms with Gasteiger partial charge in [-0.15, -0.1) is 0 Å². The molecule has 0 aliphatic heterocycles. The van der Waals surface area contributed by atoms with E-state index in [1.54, 1.807) is 0 Å².